The average molecular weight is 586 g/mol. The molecule has 1 fully saturated rings. The van der Waals surface area contributed by atoms with E-state index >= 15 is 0 Å². The molecule has 0 bridgehead atoms. The fourth-order valence-electron chi connectivity index (χ4n) is 4.83. The van der Waals surface area contributed by atoms with Gasteiger partial charge in [0, 0.05) is 11.3 Å². The number of aromatic nitrogens is 2. The predicted molar refractivity (Wildman–Crippen MR) is 159 cm³/mol. The van der Waals surface area contributed by atoms with E-state index in [0.717, 1.165) is 11.1 Å². The molecule has 1 amide bonds. The van der Waals surface area contributed by atoms with Crippen LogP contribution in [-0.4, -0.2) is 40.2 Å². The maximum absolute atomic E-state index is 13.6. The van der Waals surface area contributed by atoms with Crippen molar-refractivity contribution in [1.82, 2.24) is 10.2 Å². The number of carbonyl (C=O) groups is 2. The maximum atomic E-state index is 13.6. The summed E-state index contributed by atoms with van der Waals surface area (Å²) in [5.41, 5.74) is 3.28. The van der Waals surface area contributed by atoms with E-state index in [0.29, 0.717) is 57.0 Å². The molecule has 208 valence electrons. The first kappa shape index (κ1) is 27.0. The van der Waals surface area contributed by atoms with E-state index in [1.165, 1.54) is 28.0 Å². The molecule has 2 aliphatic heterocycles. The minimum atomic E-state index is -0.885. The van der Waals surface area contributed by atoms with Gasteiger partial charge in [-0.05, 0) is 40.8 Å². The Morgan fingerprint density at radius 2 is 1.73 bits per heavy atom. The van der Waals surface area contributed by atoms with Crippen molar-refractivity contribution in [2.24, 2.45) is 0 Å². The molecule has 3 aromatic carbocycles. The van der Waals surface area contributed by atoms with Gasteiger partial charge in [-0.25, -0.2) is 0 Å². The number of ether oxygens (including phenoxy) is 2. The Balaban J connectivity index is 1.40. The van der Waals surface area contributed by atoms with Gasteiger partial charge in [-0.3, -0.25) is 14.5 Å². The van der Waals surface area contributed by atoms with Crippen molar-refractivity contribution in [2.45, 2.75) is 35.9 Å². The predicted octanol–water partition coefficient (Wildman–Crippen LogP) is 6.35. The van der Waals surface area contributed by atoms with E-state index in [9.17, 15) is 14.7 Å². The number of hydrogen-bond donors (Lipinski definition) is 1. The Hall–Kier alpha value is -4.15. The number of amides is 1. The molecule has 0 unspecified atom stereocenters. The summed E-state index contributed by atoms with van der Waals surface area (Å²) in [6.07, 6.45) is 0. The van der Waals surface area contributed by atoms with Crippen molar-refractivity contribution >= 4 is 45.7 Å². The molecular weight excluding hydrogens is 558 g/mol. The van der Waals surface area contributed by atoms with Crippen molar-refractivity contribution in [3.8, 4) is 11.5 Å². The van der Waals surface area contributed by atoms with Crippen molar-refractivity contribution in [3.63, 3.8) is 0 Å². The molecule has 1 aromatic heterocycles. The number of benzene rings is 3. The number of thioether (sulfide) groups is 1. The summed E-state index contributed by atoms with van der Waals surface area (Å²) in [4.78, 5) is 28.5. The van der Waals surface area contributed by atoms with Gasteiger partial charge in [-0.1, -0.05) is 91.5 Å². The third-order valence-electron chi connectivity index (χ3n) is 6.99. The van der Waals surface area contributed by atoms with Crippen LogP contribution in [0.2, 0.25) is 0 Å². The first-order valence-electron chi connectivity index (χ1n) is 13.2. The second-order valence-electron chi connectivity index (χ2n) is 9.97. The summed E-state index contributed by atoms with van der Waals surface area (Å²) in [7, 11) is 0. The molecule has 1 saturated heterocycles. The molecule has 0 saturated carbocycles. The monoisotopic (exact) mass is 585 g/mol. The topological polar surface area (TPSA) is 102 Å². The van der Waals surface area contributed by atoms with Crippen LogP contribution in [0.25, 0.3) is 5.76 Å². The van der Waals surface area contributed by atoms with E-state index in [2.05, 4.69) is 24.0 Å². The minimum Gasteiger partial charge on any atom is -0.507 e. The molecule has 4 aromatic rings. The van der Waals surface area contributed by atoms with Gasteiger partial charge in [0.1, 0.15) is 19.0 Å². The van der Waals surface area contributed by atoms with Gasteiger partial charge >= 0.3 is 5.91 Å². The number of aliphatic hydroxyl groups is 1. The van der Waals surface area contributed by atoms with Crippen LogP contribution in [0.4, 0.5) is 5.13 Å². The van der Waals surface area contributed by atoms with Crippen molar-refractivity contribution in [1.29, 1.82) is 0 Å². The average Bonchev–Trinajstić information content (AvgIpc) is 3.57. The van der Waals surface area contributed by atoms with Gasteiger partial charge in [0.15, 0.2) is 15.8 Å². The first-order chi connectivity index (χ1) is 19.9. The minimum absolute atomic E-state index is 0.0161. The smallest absolute Gasteiger partial charge is 0.301 e. The highest BCUT2D eigenvalue weighted by atomic mass is 32.2. The normalized spacial score (nSPS) is 17.8. The van der Waals surface area contributed by atoms with Crippen molar-refractivity contribution in [3.05, 3.63) is 101 Å². The Labute approximate surface area is 245 Å². The lowest BCUT2D eigenvalue weighted by Crippen LogP contribution is -2.29. The molecule has 1 N–H and O–H groups in total. The van der Waals surface area contributed by atoms with Crippen LogP contribution in [0, 0.1) is 0 Å². The Kier molecular flexibility index (Phi) is 7.51. The summed E-state index contributed by atoms with van der Waals surface area (Å²) in [6, 6.07) is 21.8. The first-order valence-corrected chi connectivity index (χ1v) is 15.0. The number of ketones is 1. The van der Waals surface area contributed by atoms with Crippen LogP contribution in [0.15, 0.2) is 82.7 Å². The summed E-state index contributed by atoms with van der Waals surface area (Å²) in [5, 5.41) is 20.4. The third-order valence-corrected chi connectivity index (χ3v) is 9.11. The molecule has 1 atom stereocenters. The van der Waals surface area contributed by atoms with E-state index in [-0.39, 0.29) is 11.3 Å². The molecule has 2 aliphatic rings. The van der Waals surface area contributed by atoms with Gasteiger partial charge < -0.3 is 14.6 Å². The molecule has 3 heterocycles. The van der Waals surface area contributed by atoms with E-state index in [1.54, 1.807) is 18.2 Å². The standard InChI is InChI=1S/C31H27N3O5S2/c1-18(2)20-8-10-21(11-9-20)26-25(27(35)22-12-13-23-24(16-22)39-15-14-38-23)28(36)29(37)34(26)30-32-33-31(41-30)40-17-19-6-4-3-5-7-19/h3-13,16,18,26,35H,14-15,17H2,1-2H3/t26-/m0/s1. The SMILES string of the molecule is CC(C)c1ccc([C@H]2C(=C(O)c3ccc4c(c3)OCCO4)C(=O)C(=O)N2c2nnc(SCc3ccccc3)s2)cc1. The Morgan fingerprint density at radius 3 is 2.46 bits per heavy atom. The number of nitrogens with zero attached hydrogens (tertiary/aromatic N) is 3. The highest BCUT2D eigenvalue weighted by Gasteiger charge is 2.48. The molecule has 8 nitrogen and oxygen atoms in total. The fourth-order valence-corrected chi connectivity index (χ4v) is 6.66. The van der Waals surface area contributed by atoms with Crippen molar-refractivity contribution < 1.29 is 24.2 Å². The zero-order valence-electron chi connectivity index (χ0n) is 22.4. The van der Waals surface area contributed by atoms with Crippen molar-refractivity contribution in [2.75, 3.05) is 18.1 Å². The van der Waals surface area contributed by atoms with Crippen LogP contribution >= 0.6 is 23.1 Å². The molecule has 0 spiro atoms. The van der Waals surface area contributed by atoms with Crippen LogP contribution < -0.4 is 14.4 Å². The second-order valence-corrected chi connectivity index (χ2v) is 12.2. The summed E-state index contributed by atoms with van der Waals surface area (Å²) < 4.78 is 12.0. The summed E-state index contributed by atoms with van der Waals surface area (Å²) >= 11 is 2.75. The maximum Gasteiger partial charge on any atom is 0.301 e. The van der Waals surface area contributed by atoms with E-state index in [4.69, 9.17) is 9.47 Å². The van der Waals surface area contributed by atoms with Crippen LogP contribution in [0.5, 0.6) is 11.5 Å². The number of rotatable bonds is 7. The van der Waals surface area contributed by atoms with Gasteiger partial charge in [-0.2, -0.15) is 0 Å². The molecule has 10 heteroatoms. The van der Waals surface area contributed by atoms with Crippen LogP contribution in [0.3, 0.4) is 0 Å². The molecule has 0 radical (unpaired) electrons. The Bertz CT molecular complexity index is 1630. The molecular formula is C31H27N3O5S2. The molecule has 6 rings (SSSR count). The lowest BCUT2D eigenvalue weighted by molar-refractivity contribution is -0.132. The zero-order chi connectivity index (χ0) is 28.5. The molecule has 0 aliphatic carbocycles. The van der Waals surface area contributed by atoms with E-state index in [1.807, 2.05) is 54.6 Å². The Morgan fingerprint density at radius 1 is 1.00 bits per heavy atom. The number of fused-ring (bicyclic) bond motifs is 1. The summed E-state index contributed by atoms with van der Waals surface area (Å²) in [6.45, 7) is 5.01. The van der Waals surface area contributed by atoms with Crippen LogP contribution in [0.1, 0.15) is 48.1 Å². The number of Topliss-reactive ketones (excluding diaryl/α,β-unsaturated/α-hetero) is 1. The third kappa shape index (κ3) is 5.32. The zero-order valence-corrected chi connectivity index (χ0v) is 24.1. The molecule has 41 heavy (non-hydrogen) atoms. The van der Waals surface area contributed by atoms with Gasteiger partial charge in [0.2, 0.25) is 5.13 Å². The highest BCUT2D eigenvalue weighted by molar-refractivity contribution is 8.00. The lowest BCUT2D eigenvalue weighted by atomic mass is 9.93. The number of aliphatic hydroxyl groups excluding tert-OH is 1. The second kappa shape index (κ2) is 11.4. The summed E-state index contributed by atoms with van der Waals surface area (Å²) in [5.74, 6) is 0.185. The van der Waals surface area contributed by atoms with Gasteiger partial charge in [-0.15, -0.1) is 10.2 Å². The van der Waals surface area contributed by atoms with Gasteiger partial charge in [0.25, 0.3) is 5.78 Å². The fraction of sp³-hybridized carbons (Fsp3) is 0.226. The number of hydrogen-bond acceptors (Lipinski definition) is 9. The highest BCUT2D eigenvalue weighted by Crippen LogP contribution is 2.45. The van der Waals surface area contributed by atoms with E-state index < -0.39 is 17.7 Å². The number of anilines is 1. The number of carbonyl (C=O) groups excluding carboxylic acids is 2. The quantitative estimate of drug-likeness (QED) is 0.0880. The largest absolute Gasteiger partial charge is 0.507 e. The lowest BCUT2D eigenvalue weighted by Gasteiger charge is -2.23. The van der Waals surface area contributed by atoms with Crippen LogP contribution in [-0.2, 0) is 15.3 Å². The van der Waals surface area contributed by atoms with Gasteiger partial charge in [0.05, 0.1) is 11.6 Å².